The second-order valence-corrected chi connectivity index (χ2v) is 9.47. The number of aromatic nitrogens is 2. The molecule has 0 spiro atoms. The quantitative estimate of drug-likeness (QED) is 0.325. The second kappa shape index (κ2) is 11.3. The molecule has 3 rings (SSSR count). The fourth-order valence-corrected chi connectivity index (χ4v) is 4.06. The standard InChI is InChI=1S/C23H24F3N5O3S/c1-13-6-16(34-11-18-29-4-5-33-18)10-30-20(13)21(32)31-15-7-14(19(26)17(25)8-15)9-23(2,12-24)35-22(27)28-3/h4-8,10H,9,11-12H2,1-3H3,(H2,27,28)(H,31,32)/t23-/m1/s1. The van der Waals surface area contributed by atoms with Crippen LogP contribution in [0.5, 0.6) is 5.75 Å². The van der Waals surface area contributed by atoms with E-state index in [1.54, 1.807) is 13.0 Å². The van der Waals surface area contributed by atoms with Crippen molar-refractivity contribution in [3.05, 3.63) is 71.2 Å². The number of thioether (sulfide) groups is 1. The van der Waals surface area contributed by atoms with E-state index in [4.69, 9.17) is 14.9 Å². The number of amidine groups is 1. The third-order valence-electron chi connectivity index (χ3n) is 4.89. The largest absolute Gasteiger partial charge is 0.482 e. The predicted octanol–water partition coefficient (Wildman–Crippen LogP) is 4.44. The SMILES string of the molecule is C/N=C(/N)S[C@@](C)(CF)Cc1cc(NC(=O)c2ncc(OCc3ncco3)cc2C)cc(F)c1F. The van der Waals surface area contributed by atoms with Crippen molar-refractivity contribution in [2.24, 2.45) is 10.7 Å². The Morgan fingerprint density at radius 3 is 2.71 bits per heavy atom. The highest BCUT2D eigenvalue weighted by Crippen LogP contribution is 2.32. The first kappa shape index (κ1) is 26.1. The maximum absolute atomic E-state index is 14.5. The molecule has 1 aromatic carbocycles. The maximum Gasteiger partial charge on any atom is 0.274 e. The van der Waals surface area contributed by atoms with Crippen LogP contribution in [0, 0.1) is 18.6 Å². The van der Waals surface area contributed by atoms with E-state index >= 15 is 0 Å². The zero-order chi connectivity index (χ0) is 25.6. The Labute approximate surface area is 204 Å². The molecule has 3 aromatic rings. The van der Waals surface area contributed by atoms with Crippen LogP contribution in [0.15, 0.2) is 46.3 Å². The number of amides is 1. The van der Waals surface area contributed by atoms with Crippen molar-refractivity contribution >= 4 is 28.5 Å². The normalized spacial score (nSPS) is 13.4. The van der Waals surface area contributed by atoms with Crippen LogP contribution in [0.3, 0.4) is 0 Å². The molecular formula is C23H24F3N5O3S. The summed E-state index contributed by atoms with van der Waals surface area (Å²) < 4.78 is 52.0. The Bertz CT molecular complexity index is 1220. The molecule has 2 heterocycles. The number of nitrogens with one attached hydrogen (secondary N) is 1. The van der Waals surface area contributed by atoms with Crippen LogP contribution >= 0.6 is 11.8 Å². The Balaban J connectivity index is 1.76. The molecule has 0 aliphatic rings. The number of alkyl halides is 1. The van der Waals surface area contributed by atoms with Crippen LogP contribution in [0.2, 0.25) is 0 Å². The van der Waals surface area contributed by atoms with Gasteiger partial charge in [-0.15, -0.1) is 0 Å². The van der Waals surface area contributed by atoms with Crippen LogP contribution in [-0.2, 0) is 13.0 Å². The van der Waals surface area contributed by atoms with Crippen molar-refractivity contribution in [2.45, 2.75) is 31.6 Å². The molecule has 0 fully saturated rings. The van der Waals surface area contributed by atoms with Crippen LogP contribution < -0.4 is 15.8 Å². The second-order valence-electron chi connectivity index (χ2n) is 7.86. The van der Waals surface area contributed by atoms with Crippen LogP contribution in [0.4, 0.5) is 18.9 Å². The van der Waals surface area contributed by atoms with Gasteiger partial charge in [-0.25, -0.2) is 23.1 Å². The molecule has 3 N–H and O–H groups in total. The number of rotatable bonds is 9. The highest BCUT2D eigenvalue weighted by molar-refractivity contribution is 8.15. The summed E-state index contributed by atoms with van der Waals surface area (Å²) in [6.45, 7) is 2.40. The predicted molar refractivity (Wildman–Crippen MR) is 127 cm³/mol. The minimum Gasteiger partial charge on any atom is -0.482 e. The first-order chi connectivity index (χ1) is 16.6. The Hall–Kier alpha value is -3.54. The fourth-order valence-electron chi connectivity index (χ4n) is 3.18. The molecule has 0 aliphatic carbocycles. The van der Waals surface area contributed by atoms with Crippen LogP contribution in [0.1, 0.15) is 34.4 Å². The number of benzene rings is 1. The Morgan fingerprint density at radius 2 is 2.09 bits per heavy atom. The van der Waals surface area contributed by atoms with Gasteiger partial charge in [0.25, 0.3) is 5.91 Å². The average Bonchev–Trinajstić information content (AvgIpc) is 3.34. The van der Waals surface area contributed by atoms with Gasteiger partial charge in [-0.05, 0) is 43.5 Å². The smallest absolute Gasteiger partial charge is 0.274 e. The number of carbonyl (C=O) groups excluding carboxylic acids is 1. The number of hydrogen-bond acceptors (Lipinski definition) is 7. The summed E-state index contributed by atoms with van der Waals surface area (Å²) in [4.78, 5) is 24.6. The van der Waals surface area contributed by atoms with Gasteiger partial charge in [0.05, 0.1) is 17.1 Å². The Morgan fingerprint density at radius 1 is 1.31 bits per heavy atom. The molecule has 0 aliphatic heterocycles. The van der Waals surface area contributed by atoms with E-state index in [1.165, 1.54) is 38.7 Å². The first-order valence-electron chi connectivity index (χ1n) is 10.4. The molecular weight excluding hydrogens is 483 g/mol. The summed E-state index contributed by atoms with van der Waals surface area (Å²) in [5.41, 5.74) is 6.12. The number of ether oxygens (including phenoxy) is 1. The third kappa shape index (κ3) is 6.75. The zero-order valence-corrected chi connectivity index (χ0v) is 20.1. The van der Waals surface area contributed by atoms with Gasteiger partial charge in [0, 0.05) is 18.8 Å². The molecule has 8 nitrogen and oxygen atoms in total. The van der Waals surface area contributed by atoms with E-state index in [1.807, 2.05) is 0 Å². The van der Waals surface area contributed by atoms with Crippen molar-refractivity contribution in [1.29, 1.82) is 0 Å². The first-order valence-corrected chi connectivity index (χ1v) is 11.2. The number of oxazole rings is 1. The minimum absolute atomic E-state index is 0.00217. The fraction of sp³-hybridized carbons (Fsp3) is 0.304. The number of aryl methyl sites for hydroxylation is 1. The van der Waals surface area contributed by atoms with Crippen molar-refractivity contribution in [3.8, 4) is 5.75 Å². The molecule has 0 saturated carbocycles. The number of carbonyl (C=O) groups is 1. The number of nitrogens with two attached hydrogens (primary N) is 1. The Kier molecular flexibility index (Phi) is 8.39. The molecule has 0 saturated heterocycles. The van der Waals surface area contributed by atoms with Gasteiger partial charge < -0.3 is 20.2 Å². The molecule has 0 radical (unpaired) electrons. The molecule has 1 amide bonds. The molecule has 35 heavy (non-hydrogen) atoms. The highest BCUT2D eigenvalue weighted by Gasteiger charge is 2.30. The number of nitrogens with zero attached hydrogens (tertiary/aromatic N) is 3. The summed E-state index contributed by atoms with van der Waals surface area (Å²) in [6.07, 6.45) is 4.08. The van der Waals surface area contributed by atoms with Gasteiger partial charge in [-0.1, -0.05) is 11.8 Å². The van der Waals surface area contributed by atoms with Crippen molar-refractivity contribution in [2.75, 3.05) is 19.0 Å². The van der Waals surface area contributed by atoms with E-state index < -0.39 is 29.0 Å². The van der Waals surface area contributed by atoms with Gasteiger partial charge >= 0.3 is 0 Å². The van der Waals surface area contributed by atoms with Gasteiger partial charge in [-0.2, -0.15) is 0 Å². The molecule has 12 heteroatoms. The van der Waals surface area contributed by atoms with Crippen molar-refractivity contribution in [1.82, 2.24) is 9.97 Å². The highest BCUT2D eigenvalue weighted by atomic mass is 32.2. The van der Waals surface area contributed by atoms with E-state index in [0.29, 0.717) is 17.2 Å². The lowest BCUT2D eigenvalue weighted by atomic mass is 10.00. The van der Waals surface area contributed by atoms with Crippen LogP contribution in [-0.4, -0.2) is 39.5 Å². The molecule has 186 valence electrons. The van der Waals surface area contributed by atoms with Gasteiger partial charge in [-0.3, -0.25) is 9.79 Å². The number of halogens is 3. The van der Waals surface area contributed by atoms with E-state index in [2.05, 4.69) is 20.3 Å². The molecule has 2 aromatic heterocycles. The lowest BCUT2D eigenvalue weighted by molar-refractivity contribution is 0.102. The third-order valence-corrected chi connectivity index (χ3v) is 6.03. The van der Waals surface area contributed by atoms with E-state index in [9.17, 15) is 18.0 Å². The number of hydrogen-bond donors (Lipinski definition) is 2. The van der Waals surface area contributed by atoms with Gasteiger partial charge in [0.1, 0.15) is 24.4 Å². The molecule has 1 atom stereocenters. The molecule has 0 unspecified atom stereocenters. The average molecular weight is 508 g/mol. The van der Waals surface area contributed by atoms with E-state index in [-0.39, 0.29) is 35.1 Å². The lowest BCUT2D eigenvalue weighted by Gasteiger charge is -2.25. The lowest BCUT2D eigenvalue weighted by Crippen LogP contribution is -2.31. The number of aliphatic imine (C=N–C) groups is 1. The maximum atomic E-state index is 14.5. The van der Waals surface area contributed by atoms with E-state index in [0.717, 1.165) is 17.8 Å². The topological polar surface area (TPSA) is 116 Å². The summed E-state index contributed by atoms with van der Waals surface area (Å²) >= 11 is 0.924. The zero-order valence-electron chi connectivity index (χ0n) is 19.3. The summed E-state index contributed by atoms with van der Waals surface area (Å²) in [6, 6.07) is 3.71. The number of anilines is 1. The summed E-state index contributed by atoms with van der Waals surface area (Å²) in [5, 5.41) is 2.63. The van der Waals surface area contributed by atoms with Crippen LogP contribution in [0.25, 0.3) is 0 Å². The van der Waals surface area contributed by atoms with Gasteiger partial charge in [0.2, 0.25) is 5.89 Å². The summed E-state index contributed by atoms with van der Waals surface area (Å²) in [7, 11) is 1.45. The van der Waals surface area contributed by atoms with Gasteiger partial charge in [0.15, 0.2) is 23.4 Å². The molecule has 0 bridgehead atoms. The monoisotopic (exact) mass is 507 g/mol. The number of pyridine rings is 1. The van der Waals surface area contributed by atoms with Crippen molar-refractivity contribution in [3.63, 3.8) is 0 Å². The van der Waals surface area contributed by atoms with Crippen molar-refractivity contribution < 1.29 is 27.1 Å². The summed E-state index contributed by atoms with van der Waals surface area (Å²) in [5.74, 6) is -2.17. The minimum atomic E-state index is -1.18.